The number of nitrogen functional groups attached to an aromatic ring is 1. The highest BCUT2D eigenvalue weighted by molar-refractivity contribution is 6.33. The number of hydrogen-bond donors (Lipinski definition) is 3. The monoisotopic (exact) mass is 391 g/mol. The molecule has 0 aliphatic carbocycles. The van der Waals surface area contributed by atoms with Gasteiger partial charge in [0.1, 0.15) is 11.4 Å². The number of rotatable bonds is 2. The predicted octanol–water partition coefficient (Wildman–Crippen LogP) is 5.39. The van der Waals surface area contributed by atoms with E-state index in [4.69, 9.17) is 17.3 Å². The lowest BCUT2D eigenvalue weighted by molar-refractivity contribution is 0.143. The first kappa shape index (κ1) is 19.8. The highest BCUT2D eigenvalue weighted by atomic mass is 35.5. The largest absolute Gasteiger partial charge is 0.507 e. The summed E-state index contributed by atoms with van der Waals surface area (Å²) in [5.41, 5.74) is 10.0. The number of phenolic OH excluding ortho intramolecular Hbond substituents is 1. The summed E-state index contributed by atoms with van der Waals surface area (Å²) >= 11 is 6.16. The number of nitrogens with two attached hydrogens (primary N) is 1. The van der Waals surface area contributed by atoms with Crippen molar-refractivity contribution in [2.45, 2.75) is 26.4 Å². The molecule has 3 rings (SSSR count). The van der Waals surface area contributed by atoms with E-state index in [0.717, 1.165) is 22.3 Å². The molecule has 0 aliphatic heterocycles. The Morgan fingerprint density at radius 1 is 0.964 bits per heavy atom. The molecule has 0 unspecified atom stereocenters. The maximum absolute atomic E-state index is 11.0. The number of benzene rings is 3. The van der Waals surface area contributed by atoms with Gasteiger partial charge in [0.25, 0.3) is 0 Å². The summed E-state index contributed by atoms with van der Waals surface area (Å²) in [4.78, 5) is 0. The van der Waals surface area contributed by atoms with Crippen LogP contribution in [-0.4, -0.2) is 15.8 Å². The topological polar surface area (TPSA) is 66.5 Å². The van der Waals surface area contributed by atoms with E-state index in [1.807, 2.05) is 49.4 Å². The van der Waals surface area contributed by atoms with E-state index in [1.54, 1.807) is 26.0 Å². The molecule has 3 aromatic carbocycles. The van der Waals surface area contributed by atoms with E-state index >= 15 is 0 Å². The van der Waals surface area contributed by atoms with Crippen molar-refractivity contribution in [1.29, 1.82) is 0 Å². The van der Waals surface area contributed by atoms with Crippen molar-refractivity contribution >= 4 is 17.3 Å². The lowest BCUT2D eigenvalue weighted by atomic mass is 9.94. The first-order valence-electron chi connectivity index (χ1n) is 8.89. The van der Waals surface area contributed by atoms with Crippen LogP contribution in [0.15, 0.2) is 54.6 Å². The van der Waals surface area contributed by atoms with Crippen LogP contribution in [0.1, 0.15) is 25.0 Å². The van der Waals surface area contributed by atoms with Gasteiger partial charge in [-0.1, -0.05) is 41.6 Å². The number of anilines is 1. The van der Waals surface area contributed by atoms with Crippen molar-refractivity contribution in [3.8, 4) is 39.8 Å². The van der Waals surface area contributed by atoms with E-state index < -0.39 is 5.60 Å². The average Bonchev–Trinajstić information content (AvgIpc) is 2.63. The van der Waals surface area contributed by atoms with Gasteiger partial charge in [-0.25, -0.2) is 0 Å². The molecule has 142 valence electrons. The van der Waals surface area contributed by atoms with Gasteiger partial charge in [-0.15, -0.1) is 0 Å². The molecule has 3 aromatic rings. The number of hydrogen-bond acceptors (Lipinski definition) is 3. The van der Waals surface area contributed by atoms with Crippen molar-refractivity contribution < 1.29 is 10.2 Å². The van der Waals surface area contributed by atoms with E-state index in [0.29, 0.717) is 21.8 Å². The van der Waals surface area contributed by atoms with Gasteiger partial charge in [0, 0.05) is 16.7 Å². The SMILES string of the molecule is Cc1cc(-c2cccc(C#CC(C)(C)O)c2)c(O)c(-c2ccc(N)c(Cl)c2)c1. The lowest BCUT2D eigenvalue weighted by Gasteiger charge is -2.13. The summed E-state index contributed by atoms with van der Waals surface area (Å²) < 4.78 is 0. The van der Waals surface area contributed by atoms with Crippen molar-refractivity contribution in [3.63, 3.8) is 0 Å². The fraction of sp³-hybridized carbons (Fsp3) is 0.167. The Morgan fingerprint density at radius 3 is 2.21 bits per heavy atom. The molecule has 0 bridgehead atoms. The Morgan fingerprint density at radius 2 is 1.61 bits per heavy atom. The van der Waals surface area contributed by atoms with Crippen LogP contribution in [0.25, 0.3) is 22.3 Å². The zero-order valence-corrected chi connectivity index (χ0v) is 16.8. The van der Waals surface area contributed by atoms with Crippen LogP contribution in [-0.2, 0) is 0 Å². The Hall–Kier alpha value is -2.93. The first-order chi connectivity index (χ1) is 13.1. The summed E-state index contributed by atoms with van der Waals surface area (Å²) in [5, 5.41) is 21.2. The molecule has 28 heavy (non-hydrogen) atoms. The van der Waals surface area contributed by atoms with Gasteiger partial charge in [-0.3, -0.25) is 0 Å². The van der Waals surface area contributed by atoms with Crippen LogP contribution in [0.4, 0.5) is 5.69 Å². The Kier molecular flexibility index (Phi) is 5.38. The number of halogens is 1. The molecule has 0 aliphatic rings. The Balaban J connectivity index is 2.12. The van der Waals surface area contributed by atoms with Crippen molar-refractivity contribution in [2.24, 2.45) is 0 Å². The standard InChI is InChI=1S/C24H22ClNO2/c1-15-11-19(17-6-4-5-16(13-17)9-10-24(2,3)28)23(27)20(12-15)18-7-8-22(26)21(25)14-18/h4-8,11-14,27-28H,26H2,1-3H3. The summed E-state index contributed by atoms with van der Waals surface area (Å²) in [5.74, 6) is 5.95. The quantitative estimate of drug-likeness (QED) is 0.405. The highest BCUT2D eigenvalue weighted by Gasteiger charge is 2.14. The fourth-order valence-corrected chi connectivity index (χ4v) is 3.08. The minimum Gasteiger partial charge on any atom is -0.507 e. The van der Waals surface area contributed by atoms with Gasteiger partial charge in [-0.2, -0.15) is 0 Å². The first-order valence-corrected chi connectivity index (χ1v) is 9.27. The third-order valence-electron chi connectivity index (χ3n) is 4.25. The second kappa shape index (κ2) is 7.59. The molecule has 0 spiro atoms. The van der Waals surface area contributed by atoms with Crippen molar-refractivity contribution in [3.05, 3.63) is 70.7 Å². The second-order valence-electron chi connectivity index (χ2n) is 7.33. The molecule has 0 atom stereocenters. The van der Waals surface area contributed by atoms with Crippen molar-refractivity contribution in [1.82, 2.24) is 0 Å². The third-order valence-corrected chi connectivity index (χ3v) is 4.58. The molecule has 0 radical (unpaired) electrons. The molecule has 0 aromatic heterocycles. The maximum Gasteiger partial charge on any atom is 0.131 e. The molecule has 0 saturated heterocycles. The van der Waals surface area contributed by atoms with E-state index in [9.17, 15) is 10.2 Å². The summed E-state index contributed by atoms with van der Waals surface area (Å²) in [7, 11) is 0. The van der Waals surface area contributed by atoms with E-state index in [-0.39, 0.29) is 5.75 Å². The van der Waals surface area contributed by atoms with Gasteiger partial charge in [0.05, 0.1) is 10.7 Å². The molecule has 3 nitrogen and oxygen atoms in total. The highest BCUT2D eigenvalue weighted by Crippen LogP contribution is 2.40. The number of aliphatic hydroxyl groups is 1. The van der Waals surface area contributed by atoms with Crippen LogP contribution in [0.2, 0.25) is 5.02 Å². The fourth-order valence-electron chi connectivity index (χ4n) is 2.90. The zero-order chi connectivity index (χ0) is 20.5. The summed E-state index contributed by atoms with van der Waals surface area (Å²) in [6, 6.07) is 16.7. The molecule has 0 fully saturated rings. The number of aromatic hydroxyl groups is 1. The summed E-state index contributed by atoms with van der Waals surface area (Å²) in [6.07, 6.45) is 0. The van der Waals surface area contributed by atoms with E-state index in [1.165, 1.54) is 0 Å². The third kappa shape index (κ3) is 4.48. The molecular formula is C24H22ClNO2. The molecule has 4 heteroatoms. The smallest absolute Gasteiger partial charge is 0.131 e. The van der Waals surface area contributed by atoms with Gasteiger partial charge >= 0.3 is 0 Å². The maximum atomic E-state index is 11.0. The normalized spacial score (nSPS) is 11.0. The molecular weight excluding hydrogens is 370 g/mol. The average molecular weight is 392 g/mol. The Bertz CT molecular complexity index is 1100. The molecule has 4 N–H and O–H groups in total. The molecule has 0 saturated carbocycles. The second-order valence-corrected chi connectivity index (χ2v) is 7.74. The van der Waals surface area contributed by atoms with Gasteiger partial charge in [0.15, 0.2) is 0 Å². The molecule has 0 heterocycles. The van der Waals surface area contributed by atoms with E-state index in [2.05, 4.69) is 11.8 Å². The molecule has 0 amide bonds. The Labute approximate surface area is 170 Å². The zero-order valence-electron chi connectivity index (χ0n) is 16.0. The predicted molar refractivity (Wildman–Crippen MR) is 116 cm³/mol. The van der Waals surface area contributed by atoms with Crippen LogP contribution in [0.5, 0.6) is 5.75 Å². The van der Waals surface area contributed by atoms with Crippen LogP contribution >= 0.6 is 11.6 Å². The minimum absolute atomic E-state index is 0.166. The minimum atomic E-state index is -1.07. The van der Waals surface area contributed by atoms with Gasteiger partial charge in [-0.05, 0) is 73.9 Å². The van der Waals surface area contributed by atoms with Crippen LogP contribution in [0.3, 0.4) is 0 Å². The lowest BCUT2D eigenvalue weighted by Crippen LogP contribution is -2.14. The van der Waals surface area contributed by atoms with Crippen molar-refractivity contribution in [2.75, 3.05) is 5.73 Å². The van der Waals surface area contributed by atoms with Gasteiger partial charge in [0.2, 0.25) is 0 Å². The van der Waals surface area contributed by atoms with Gasteiger partial charge < -0.3 is 15.9 Å². The number of phenols is 1. The van der Waals surface area contributed by atoms with Crippen LogP contribution < -0.4 is 5.73 Å². The van der Waals surface area contributed by atoms with Crippen LogP contribution in [0, 0.1) is 18.8 Å². The number of aryl methyl sites for hydroxylation is 1. The summed E-state index contributed by atoms with van der Waals surface area (Å²) in [6.45, 7) is 5.25.